The molecule has 0 aromatic heterocycles. The Kier molecular flexibility index (Phi) is 5.50. The van der Waals surface area contributed by atoms with Gasteiger partial charge in [-0.3, -0.25) is 10.0 Å². The molecule has 3 aliphatic rings. The minimum absolute atomic E-state index is 0.0365. The van der Waals surface area contributed by atoms with Gasteiger partial charge in [0.15, 0.2) is 0 Å². The molecule has 0 aliphatic carbocycles. The number of nitrogens with one attached hydrogen (secondary N) is 1. The van der Waals surface area contributed by atoms with E-state index in [4.69, 9.17) is 4.74 Å². The minimum atomic E-state index is -0.531. The molecule has 3 aliphatic heterocycles. The van der Waals surface area contributed by atoms with Crippen molar-refractivity contribution >= 4 is 18.0 Å². The van der Waals surface area contributed by atoms with Gasteiger partial charge in [-0.15, -0.1) is 0 Å². The van der Waals surface area contributed by atoms with Crippen molar-refractivity contribution in [2.45, 2.75) is 76.6 Å². The summed E-state index contributed by atoms with van der Waals surface area (Å²) in [5.41, 5.74) is -0.529. The highest BCUT2D eigenvalue weighted by molar-refractivity contribution is 5.88. The fourth-order valence-corrected chi connectivity index (χ4v) is 3.97. The van der Waals surface area contributed by atoms with Crippen molar-refractivity contribution in [2.75, 3.05) is 19.6 Å². The van der Waals surface area contributed by atoms with E-state index in [0.29, 0.717) is 38.9 Å². The highest BCUT2D eigenvalue weighted by Gasteiger charge is 2.47. The van der Waals surface area contributed by atoms with Crippen LogP contribution in [-0.2, 0) is 9.53 Å². The number of likely N-dealkylation sites (tertiary alicyclic amines) is 1. The molecular formula is C18H30N4O5. The summed E-state index contributed by atoms with van der Waals surface area (Å²) in [6.07, 6.45) is 3.06. The monoisotopic (exact) mass is 382 g/mol. The third-order valence-corrected chi connectivity index (χ3v) is 5.37. The van der Waals surface area contributed by atoms with E-state index in [9.17, 15) is 19.6 Å². The predicted octanol–water partition coefficient (Wildman–Crippen LogP) is 1.55. The van der Waals surface area contributed by atoms with Crippen molar-refractivity contribution < 1.29 is 24.3 Å². The Morgan fingerprint density at radius 2 is 1.89 bits per heavy atom. The van der Waals surface area contributed by atoms with Crippen LogP contribution in [0.3, 0.4) is 0 Å². The highest BCUT2D eigenvalue weighted by atomic mass is 16.6. The molecule has 152 valence electrons. The lowest BCUT2D eigenvalue weighted by Crippen LogP contribution is -2.52. The van der Waals surface area contributed by atoms with Crippen molar-refractivity contribution in [3.05, 3.63) is 0 Å². The minimum Gasteiger partial charge on any atom is -0.444 e. The molecule has 3 saturated heterocycles. The number of ether oxygens (including phenoxy) is 1. The summed E-state index contributed by atoms with van der Waals surface area (Å²) >= 11 is 0. The Morgan fingerprint density at radius 3 is 2.59 bits per heavy atom. The number of hydrogen-bond donors (Lipinski definition) is 2. The van der Waals surface area contributed by atoms with E-state index in [1.807, 2.05) is 20.8 Å². The third kappa shape index (κ3) is 4.45. The summed E-state index contributed by atoms with van der Waals surface area (Å²) in [6.45, 7) is 7.05. The SMILES string of the molecule is CC(C)(C)OC(=O)N1CCC[C@H](NC(=O)[C@@H]2CC[C@@H]3CN2C(=O)N3O)CC1. The molecule has 0 unspecified atom stereocenters. The topological polar surface area (TPSA) is 102 Å². The molecule has 4 amide bonds. The van der Waals surface area contributed by atoms with Crippen molar-refractivity contribution in [1.82, 2.24) is 20.2 Å². The summed E-state index contributed by atoms with van der Waals surface area (Å²) in [5.74, 6) is -0.173. The van der Waals surface area contributed by atoms with Crippen LogP contribution in [0.2, 0.25) is 0 Å². The molecule has 2 bridgehead atoms. The Morgan fingerprint density at radius 1 is 1.15 bits per heavy atom. The van der Waals surface area contributed by atoms with Gasteiger partial charge in [-0.2, -0.15) is 0 Å². The van der Waals surface area contributed by atoms with Gasteiger partial charge in [-0.1, -0.05) is 0 Å². The normalized spacial score (nSPS) is 28.8. The van der Waals surface area contributed by atoms with E-state index in [1.165, 1.54) is 4.90 Å². The number of nitrogens with zero attached hydrogens (tertiary/aromatic N) is 3. The molecule has 0 radical (unpaired) electrons. The molecular weight excluding hydrogens is 352 g/mol. The first kappa shape index (κ1) is 19.7. The number of piperidine rings is 1. The van der Waals surface area contributed by atoms with Gasteiger partial charge in [-0.25, -0.2) is 14.7 Å². The standard InChI is InChI=1S/C18H30N4O5/c1-18(2,3)27-17(25)20-9-4-5-12(8-10-20)19-15(23)14-7-6-13-11-21(14)16(24)22(13)26/h12-14,26H,4-11H2,1-3H3,(H,19,23)/t12-,13+,14-/m0/s1. The maximum absolute atomic E-state index is 12.7. The fourth-order valence-electron chi connectivity index (χ4n) is 3.97. The number of amides is 4. The van der Waals surface area contributed by atoms with Gasteiger partial charge in [0.25, 0.3) is 0 Å². The summed E-state index contributed by atoms with van der Waals surface area (Å²) in [5, 5.41) is 13.5. The zero-order chi connectivity index (χ0) is 19.8. The first-order chi connectivity index (χ1) is 12.7. The second kappa shape index (κ2) is 7.53. The lowest BCUT2D eigenvalue weighted by molar-refractivity contribution is -0.126. The summed E-state index contributed by atoms with van der Waals surface area (Å²) in [7, 11) is 0. The number of hydroxylamine groups is 2. The second-order valence-corrected chi connectivity index (χ2v) is 8.63. The van der Waals surface area contributed by atoms with E-state index < -0.39 is 17.7 Å². The maximum Gasteiger partial charge on any atom is 0.410 e. The van der Waals surface area contributed by atoms with Crippen molar-refractivity contribution in [2.24, 2.45) is 0 Å². The predicted molar refractivity (Wildman–Crippen MR) is 96.1 cm³/mol. The lowest BCUT2D eigenvalue weighted by Gasteiger charge is -2.30. The Labute approximate surface area is 159 Å². The Bertz CT molecular complexity index is 605. The van der Waals surface area contributed by atoms with Crippen molar-refractivity contribution in [1.29, 1.82) is 0 Å². The van der Waals surface area contributed by atoms with Crippen LogP contribution in [0.4, 0.5) is 9.59 Å². The van der Waals surface area contributed by atoms with Crippen LogP contribution < -0.4 is 5.32 Å². The third-order valence-electron chi connectivity index (χ3n) is 5.37. The van der Waals surface area contributed by atoms with Crippen LogP contribution in [0, 0.1) is 0 Å². The molecule has 3 fully saturated rings. The lowest BCUT2D eigenvalue weighted by atomic mass is 9.99. The first-order valence-electron chi connectivity index (χ1n) is 9.73. The molecule has 27 heavy (non-hydrogen) atoms. The zero-order valence-electron chi connectivity index (χ0n) is 16.3. The largest absolute Gasteiger partial charge is 0.444 e. The molecule has 0 spiro atoms. The van der Waals surface area contributed by atoms with Gasteiger partial charge in [0.05, 0.1) is 6.04 Å². The number of hydrogen-bond acceptors (Lipinski definition) is 5. The smallest absolute Gasteiger partial charge is 0.410 e. The molecule has 9 heteroatoms. The van der Waals surface area contributed by atoms with Crippen LogP contribution in [0.25, 0.3) is 0 Å². The van der Waals surface area contributed by atoms with Crippen LogP contribution in [0.1, 0.15) is 52.9 Å². The molecule has 0 saturated carbocycles. The Balaban J connectivity index is 1.52. The van der Waals surface area contributed by atoms with Crippen molar-refractivity contribution in [3.63, 3.8) is 0 Å². The molecule has 9 nitrogen and oxygen atoms in total. The highest BCUT2D eigenvalue weighted by Crippen LogP contribution is 2.28. The van der Waals surface area contributed by atoms with Crippen molar-refractivity contribution in [3.8, 4) is 0 Å². The first-order valence-corrected chi connectivity index (χ1v) is 9.73. The fraction of sp³-hybridized carbons (Fsp3) is 0.833. The number of carbonyl (C=O) groups is 3. The zero-order valence-corrected chi connectivity index (χ0v) is 16.3. The number of carbonyl (C=O) groups excluding carboxylic acids is 3. The van der Waals surface area contributed by atoms with Gasteiger partial charge < -0.3 is 19.9 Å². The summed E-state index contributed by atoms with van der Waals surface area (Å²) < 4.78 is 5.43. The van der Waals surface area contributed by atoms with Crippen LogP contribution in [0.5, 0.6) is 0 Å². The van der Waals surface area contributed by atoms with Gasteiger partial charge in [0.2, 0.25) is 5.91 Å². The molecule has 2 N–H and O–H groups in total. The summed E-state index contributed by atoms with van der Waals surface area (Å²) in [4.78, 5) is 40.1. The Hall–Kier alpha value is -2.03. The van der Waals surface area contributed by atoms with E-state index in [2.05, 4.69) is 5.32 Å². The molecule has 0 aromatic rings. The number of fused-ring (bicyclic) bond motifs is 2. The number of rotatable bonds is 2. The number of urea groups is 1. The molecule has 3 atom stereocenters. The summed E-state index contributed by atoms with van der Waals surface area (Å²) in [6, 6.07) is -1.27. The van der Waals surface area contributed by atoms with E-state index in [1.54, 1.807) is 4.90 Å². The van der Waals surface area contributed by atoms with Crippen LogP contribution in [-0.4, -0.2) is 81.5 Å². The quantitative estimate of drug-likeness (QED) is 0.706. The average Bonchev–Trinajstić information content (AvgIpc) is 2.76. The molecule has 3 heterocycles. The van der Waals surface area contributed by atoms with E-state index >= 15 is 0 Å². The molecule has 0 aromatic carbocycles. The van der Waals surface area contributed by atoms with E-state index in [0.717, 1.165) is 17.9 Å². The molecule has 3 rings (SSSR count). The van der Waals surface area contributed by atoms with Gasteiger partial charge in [0.1, 0.15) is 11.6 Å². The van der Waals surface area contributed by atoms with Gasteiger partial charge >= 0.3 is 12.1 Å². The van der Waals surface area contributed by atoms with Gasteiger partial charge in [0, 0.05) is 25.7 Å². The maximum atomic E-state index is 12.7. The van der Waals surface area contributed by atoms with Crippen LogP contribution >= 0.6 is 0 Å². The van der Waals surface area contributed by atoms with E-state index in [-0.39, 0.29) is 24.1 Å². The second-order valence-electron chi connectivity index (χ2n) is 8.63. The average molecular weight is 382 g/mol. The van der Waals surface area contributed by atoms with Crippen LogP contribution in [0.15, 0.2) is 0 Å². The van der Waals surface area contributed by atoms with Gasteiger partial charge in [-0.05, 0) is 52.9 Å².